The van der Waals surface area contributed by atoms with E-state index in [1.54, 1.807) is 30.6 Å². The summed E-state index contributed by atoms with van der Waals surface area (Å²) in [7, 11) is 0. The van der Waals surface area contributed by atoms with E-state index in [2.05, 4.69) is 25.5 Å². The standard InChI is InChI=1S/C25H29ClN6O2/c26-21-11-20(4-1-17(21)12-27)34-19-5-2-18(3-6-19)31-24(33)22-13-30-23(14-29-22)32-9-7-25(8-10-32)15-28-16-25/h1,4,11,13-14,18-19,28H,2-3,5-10,15-16H2,(H,31,33). The number of nitrogens with one attached hydrogen (secondary N) is 2. The second kappa shape index (κ2) is 9.77. The van der Waals surface area contributed by atoms with Crippen molar-refractivity contribution < 1.29 is 9.53 Å². The van der Waals surface area contributed by atoms with E-state index < -0.39 is 0 Å². The highest BCUT2D eigenvalue weighted by atomic mass is 35.5. The Labute approximate surface area is 204 Å². The lowest BCUT2D eigenvalue weighted by molar-refractivity contribution is 0.0888. The highest BCUT2D eigenvalue weighted by Crippen LogP contribution is 2.36. The Balaban J connectivity index is 1.08. The van der Waals surface area contributed by atoms with Crippen molar-refractivity contribution in [2.24, 2.45) is 5.41 Å². The fourth-order valence-electron chi connectivity index (χ4n) is 5.08. The molecule has 0 bridgehead atoms. The summed E-state index contributed by atoms with van der Waals surface area (Å²) >= 11 is 6.09. The van der Waals surface area contributed by atoms with E-state index in [0.29, 0.717) is 27.4 Å². The molecule has 1 aliphatic carbocycles. The summed E-state index contributed by atoms with van der Waals surface area (Å²) < 4.78 is 6.03. The van der Waals surface area contributed by atoms with Gasteiger partial charge in [0.1, 0.15) is 23.3 Å². The number of hydrogen-bond donors (Lipinski definition) is 2. The van der Waals surface area contributed by atoms with Gasteiger partial charge in [0.05, 0.1) is 29.1 Å². The van der Waals surface area contributed by atoms with Crippen LogP contribution in [0.4, 0.5) is 5.82 Å². The summed E-state index contributed by atoms with van der Waals surface area (Å²) in [5.74, 6) is 1.33. The molecule has 3 heterocycles. The molecule has 1 saturated carbocycles. The van der Waals surface area contributed by atoms with Gasteiger partial charge in [-0.15, -0.1) is 0 Å². The lowest BCUT2D eigenvalue weighted by Crippen LogP contribution is -2.58. The molecule has 5 rings (SSSR count). The van der Waals surface area contributed by atoms with Crippen LogP contribution in [0.1, 0.15) is 54.6 Å². The quantitative estimate of drug-likeness (QED) is 0.676. The first-order valence-electron chi connectivity index (χ1n) is 12.0. The van der Waals surface area contributed by atoms with Crippen molar-refractivity contribution >= 4 is 23.3 Å². The fourth-order valence-corrected chi connectivity index (χ4v) is 5.29. The largest absolute Gasteiger partial charge is 0.490 e. The van der Waals surface area contributed by atoms with Gasteiger partial charge in [-0.25, -0.2) is 9.97 Å². The van der Waals surface area contributed by atoms with Crippen LogP contribution in [0.15, 0.2) is 30.6 Å². The van der Waals surface area contributed by atoms with Crippen LogP contribution in [0.5, 0.6) is 5.75 Å². The van der Waals surface area contributed by atoms with E-state index in [-0.39, 0.29) is 18.1 Å². The number of hydrogen-bond acceptors (Lipinski definition) is 7. The van der Waals surface area contributed by atoms with Gasteiger partial charge in [-0.2, -0.15) is 5.26 Å². The molecule has 1 amide bonds. The van der Waals surface area contributed by atoms with Crippen LogP contribution in [0, 0.1) is 16.7 Å². The fraction of sp³-hybridized carbons (Fsp3) is 0.520. The number of piperidine rings is 1. The molecule has 2 saturated heterocycles. The molecule has 8 nitrogen and oxygen atoms in total. The second-order valence-corrected chi connectivity index (χ2v) is 10.1. The van der Waals surface area contributed by atoms with Gasteiger partial charge < -0.3 is 20.3 Å². The third-order valence-electron chi connectivity index (χ3n) is 7.39. The predicted octanol–water partition coefficient (Wildman–Crippen LogP) is 3.31. The maximum absolute atomic E-state index is 12.7. The molecule has 1 spiro atoms. The minimum Gasteiger partial charge on any atom is -0.490 e. The Morgan fingerprint density at radius 1 is 1.18 bits per heavy atom. The van der Waals surface area contributed by atoms with E-state index in [9.17, 15) is 4.79 Å². The zero-order valence-corrected chi connectivity index (χ0v) is 19.9. The van der Waals surface area contributed by atoms with Crippen molar-refractivity contribution in [1.29, 1.82) is 5.26 Å². The molecule has 34 heavy (non-hydrogen) atoms. The summed E-state index contributed by atoms with van der Waals surface area (Å²) in [4.78, 5) is 23.9. The predicted molar refractivity (Wildman–Crippen MR) is 129 cm³/mol. The second-order valence-electron chi connectivity index (χ2n) is 9.67. The third-order valence-corrected chi connectivity index (χ3v) is 7.70. The number of rotatable bonds is 5. The van der Waals surface area contributed by atoms with Crippen molar-refractivity contribution in [2.75, 3.05) is 31.1 Å². The van der Waals surface area contributed by atoms with Crippen LogP contribution in [0.3, 0.4) is 0 Å². The third kappa shape index (κ3) is 4.96. The van der Waals surface area contributed by atoms with Crippen molar-refractivity contribution in [1.82, 2.24) is 20.6 Å². The zero-order valence-electron chi connectivity index (χ0n) is 19.1. The molecule has 3 fully saturated rings. The van der Waals surface area contributed by atoms with Gasteiger partial charge in [-0.05, 0) is 56.1 Å². The average molecular weight is 481 g/mol. The smallest absolute Gasteiger partial charge is 0.271 e. The number of nitriles is 1. The summed E-state index contributed by atoms with van der Waals surface area (Å²) in [6.45, 7) is 4.23. The number of carbonyl (C=O) groups excluding carboxylic acids is 1. The molecule has 0 radical (unpaired) electrons. The van der Waals surface area contributed by atoms with Crippen LogP contribution in [0.2, 0.25) is 5.02 Å². The van der Waals surface area contributed by atoms with Gasteiger partial charge in [0, 0.05) is 38.3 Å². The van der Waals surface area contributed by atoms with E-state index in [4.69, 9.17) is 21.6 Å². The SMILES string of the molecule is N#Cc1ccc(OC2CCC(NC(=O)c3cnc(N4CCC5(CC4)CNC5)cn3)CC2)cc1Cl. The number of anilines is 1. The molecule has 1 aromatic heterocycles. The molecular weight excluding hydrogens is 452 g/mol. The Morgan fingerprint density at radius 2 is 1.94 bits per heavy atom. The van der Waals surface area contributed by atoms with Crippen LogP contribution in [-0.4, -0.2) is 54.2 Å². The summed E-state index contributed by atoms with van der Waals surface area (Å²) in [5, 5.41) is 15.9. The molecule has 2 N–H and O–H groups in total. The van der Waals surface area contributed by atoms with Gasteiger partial charge in [0.2, 0.25) is 0 Å². The highest BCUT2D eigenvalue weighted by molar-refractivity contribution is 6.31. The van der Waals surface area contributed by atoms with Gasteiger partial charge in [-0.3, -0.25) is 4.79 Å². The lowest BCUT2D eigenvalue weighted by atomic mass is 9.73. The maximum Gasteiger partial charge on any atom is 0.271 e. The number of aromatic nitrogens is 2. The van der Waals surface area contributed by atoms with E-state index in [0.717, 1.165) is 57.7 Å². The average Bonchev–Trinajstić information content (AvgIpc) is 2.84. The number of ether oxygens (including phenoxy) is 1. The Kier molecular flexibility index (Phi) is 6.57. The van der Waals surface area contributed by atoms with Crippen LogP contribution < -0.4 is 20.3 Å². The Morgan fingerprint density at radius 3 is 2.53 bits per heavy atom. The van der Waals surface area contributed by atoms with Crippen LogP contribution >= 0.6 is 11.6 Å². The van der Waals surface area contributed by atoms with E-state index in [1.807, 2.05) is 6.07 Å². The minimum absolute atomic E-state index is 0.0654. The van der Waals surface area contributed by atoms with Crippen LogP contribution in [0.25, 0.3) is 0 Å². The number of amides is 1. The van der Waals surface area contributed by atoms with E-state index >= 15 is 0 Å². The molecule has 0 atom stereocenters. The van der Waals surface area contributed by atoms with Gasteiger partial charge in [0.25, 0.3) is 5.91 Å². The highest BCUT2D eigenvalue weighted by Gasteiger charge is 2.39. The first-order valence-corrected chi connectivity index (χ1v) is 12.4. The molecule has 178 valence electrons. The van der Waals surface area contributed by atoms with E-state index in [1.165, 1.54) is 12.8 Å². The minimum atomic E-state index is -0.180. The summed E-state index contributed by atoms with van der Waals surface area (Å²) in [5.41, 5.74) is 1.28. The molecule has 0 unspecified atom stereocenters. The number of benzene rings is 1. The Hall–Kier alpha value is -2.89. The zero-order chi connectivity index (χ0) is 23.5. The molecule has 1 aromatic carbocycles. The monoisotopic (exact) mass is 480 g/mol. The number of carbonyl (C=O) groups is 1. The van der Waals surface area contributed by atoms with Crippen molar-refractivity contribution in [3.05, 3.63) is 46.9 Å². The van der Waals surface area contributed by atoms with Crippen molar-refractivity contribution in [2.45, 2.75) is 50.7 Å². The number of halogens is 1. The lowest BCUT2D eigenvalue weighted by Gasteiger charge is -2.48. The topological polar surface area (TPSA) is 103 Å². The van der Waals surface area contributed by atoms with Crippen molar-refractivity contribution in [3.63, 3.8) is 0 Å². The van der Waals surface area contributed by atoms with Gasteiger partial charge >= 0.3 is 0 Å². The summed E-state index contributed by atoms with van der Waals surface area (Å²) in [6, 6.07) is 7.26. The first kappa shape index (κ1) is 22.9. The molecule has 2 aliphatic heterocycles. The number of nitrogens with zero attached hydrogens (tertiary/aromatic N) is 4. The van der Waals surface area contributed by atoms with Gasteiger partial charge in [0.15, 0.2) is 0 Å². The van der Waals surface area contributed by atoms with Crippen LogP contribution in [-0.2, 0) is 0 Å². The maximum atomic E-state index is 12.7. The molecule has 2 aromatic rings. The summed E-state index contributed by atoms with van der Waals surface area (Å²) in [6.07, 6.45) is 9.05. The van der Waals surface area contributed by atoms with Gasteiger partial charge in [-0.1, -0.05) is 11.6 Å². The molecule has 3 aliphatic rings. The molecular formula is C25H29ClN6O2. The molecule has 9 heteroatoms. The first-order chi connectivity index (χ1) is 16.5. The normalized spacial score (nSPS) is 23.6. The van der Waals surface area contributed by atoms with Crippen molar-refractivity contribution in [3.8, 4) is 11.8 Å². The Bertz CT molecular complexity index is 1060.